The second kappa shape index (κ2) is 9.92. The molecule has 0 aliphatic heterocycles. The Balaban J connectivity index is 0.000000443. The molecule has 2 aromatic rings. The molecule has 0 atom stereocenters. The van der Waals surface area contributed by atoms with Crippen LogP contribution in [0, 0.1) is 0 Å². The van der Waals surface area contributed by atoms with E-state index in [0.717, 1.165) is 24.3 Å². The number of hydrogen-bond acceptors (Lipinski definition) is 10. The van der Waals surface area contributed by atoms with E-state index >= 15 is 0 Å². The number of phenolic OH excluding ortho intramolecular Hbond substituents is 6. The molecule has 2 aromatic carbocycles. The van der Waals surface area contributed by atoms with Crippen molar-refractivity contribution in [2.75, 3.05) is 0 Å². The Labute approximate surface area is 192 Å². The maximum absolute atomic E-state index is 10.6. The van der Waals surface area contributed by atoms with Gasteiger partial charge in [-0.15, -0.1) is 0 Å². The summed E-state index contributed by atoms with van der Waals surface area (Å²) < 4.78 is 0. The number of benzene rings is 2. The molecule has 0 aliphatic carbocycles. The maximum atomic E-state index is 10.6. The molecule has 0 saturated carbocycles. The molecule has 0 radical (unpaired) electrons. The normalized spacial score (nSPS) is 9.28. The van der Waals surface area contributed by atoms with Gasteiger partial charge in [-0.3, -0.25) is 0 Å². The van der Waals surface area contributed by atoms with Gasteiger partial charge in [-0.25, -0.2) is 0 Å². The van der Waals surface area contributed by atoms with E-state index in [1.54, 1.807) is 0 Å². The van der Waals surface area contributed by atoms with Gasteiger partial charge < -0.3 is 40.9 Å². The zero-order chi connectivity index (χ0) is 18.6. The molecule has 0 aliphatic rings. The molecule has 8 nitrogen and oxygen atoms in total. The Bertz CT molecular complexity index is 696. The Hall–Kier alpha value is -1.41. The molecule has 25 heavy (non-hydrogen) atoms. The first-order valence-corrected chi connectivity index (χ1v) is 6.78. The van der Waals surface area contributed by atoms with Gasteiger partial charge in [0.05, 0.1) is 0 Å². The minimum absolute atomic E-state index is 0. The van der Waals surface area contributed by atoms with Crippen LogP contribution in [0.15, 0.2) is 24.3 Å². The van der Waals surface area contributed by atoms with Crippen LogP contribution in [-0.2, 0) is 0 Å². The molecule has 6 N–H and O–H groups in total. The average molecular weight is 508 g/mol. The predicted octanol–water partition coefficient (Wildman–Crippen LogP) is -0.702. The largest absolute Gasteiger partial charge is 2.00 e. The van der Waals surface area contributed by atoms with Gasteiger partial charge >= 0.3 is 48.9 Å². The monoisotopic (exact) mass is 508 g/mol. The molecule has 2 rings (SSSR count). The molecule has 11 heteroatoms. The van der Waals surface area contributed by atoms with Crippen LogP contribution in [0.1, 0.15) is 11.1 Å². The van der Waals surface area contributed by atoms with Gasteiger partial charge in [-0.2, -0.15) is 0 Å². The van der Waals surface area contributed by atoms with Gasteiger partial charge in [-0.05, 0) is 45.5 Å². The van der Waals surface area contributed by atoms with Crippen molar-refractivity contribution in [3.8, 4) is 34.5 Å². The Kier molecular flexibility index (Phi) is 9.36. The van der Waals surface area contributed by atoms with E-state index in [1.165, 1.54) is 0 Å². The van der Waals surface area contributed by atoms with E-state index in [2.05, 4.69) is 24.4 Å². The second-order valence-electron chi connectivity index (χ2n) is 4.30. The van der Waals surface area contributed by atoms with Crippen molar-refractivity contribution < 1.29 is 40.9 Å². The zero-order valence-corrected chi connectivity index (χ0v) is 18.4. The Morgan fingerprint density at radius 3 is 0.960 bits per heavy atom. The minimum Gasteiger partial charge on any atom is -0.864 e. The molecule has 0 heterocycles. The molecule has 0 saturated heterocycles. The molecule has 0 unspecified atom stereocenters. The summed E-state index contributed by atoms with van der Waals surface area (Å²) in [4.78, 5) is 0. The summed E-state index contributed by atoms with van der Waals surface area (Å²) in [5.41, 5.74) is -0.0596. The second-order valence-corrected chi connectivity index (χ2v) is 5.04. The predicted molar refractivity (Wildman–Crippen MR) is 92.0 cm³/mol. The molecular weight excluding hydrogens is 498 g/mol. The van der Waals surface area contributed by atoms with Crippen LogP contribution in [0.4, 0.5) is 0 Å². The SMILES string of the molecule is [Ba+2].[O-]C(=S)c1cc(O)c(O)c(O)c1.[O-]C(=S)c1cc(O)c(O)c(O)c1. The van der Waals surface area contributed by atoms with Crippen molar-refractivity contribution in [3.63, 3.8) is 0 Å². The minimum atomic E-state index is -0.708. The Morgan fingerprint density at radius 2 is 0.800 bits per heavy atom. The van der Waals surface area contributed by atoms with Gasteiger partial charge in [0.1, 0.15) is 0 Å². The van der Waals surface area contributed by atoms with Gasteiger partial charge in [0, 0.05) is 0 Å². The van der Waals surface area contributed by atoms with Crippen LogP contribution in [0.25, 0.3) is 0 Å². The summed E-state index contributed by atoms with van der Waals surface area (Å²) in [6, 6.07) is 3.96. The van der Waals surface area contributed by atoms with Crippen molar-refractivity contribution in [2.24, 2.45) is 0 Å². The smallest absolute Gasteiger partial charge is 0.864 e. The summed E-state index contributed by atoms with van der Waals surface area (Å²) in [5.74, 6) is -3.58. The van der Waals surface area contributed by atoms with Crippen LogP contribution < -0.4 is 10.2 Å². The van der Waals surface area contributed by atoms with E-state index in [4.69, 9.17) is 30.6 Å². The van der Waals surface area contributed by atoms with Crippen molar-refractivity contribution >= 4 is 83.4 Å². The van der Waals surface area contributed by atoms with Crippen LogP contribution in [0.5, 0.6) is 34.5 Å². The number of phenols is 6. The van der Waals surface area contributed by atoms with Crippen molar-refractivity contribution in [1.82, 2.24) is 0 Å². The van der Waals surface area contributed by atoms with Gasteiger partial charge in [-0.1, -0.05) is 24.4 Å². The van der Waals surface area contributed by atoms with Crippen molar-refractivity contribution in [1.29, 1.82) is 0 Å². The molecule has 0 fully saturated rings. The van der Waals surface area contributed by atoms with Gasteiger partial charge in [0.2, 0.25) is 0 Å². The summed E-state index contributed by atoms with van der Waals surface area (Å²) in [6.45, 7) is 0. The van der Waals surface area contributed by atoms with Crippen LogP contribution in [0.2, 0.25) is 0 Å². The fourth-order valence-electron chi connectivity index (χ4n) is 1.44. The van der Waals surface area contributed by atoms with E-state index in [0.29, 0.717) is 0 Å². The Morgan fingerprint density at radius 1 is 0.600 bits per heavy atom. The fraction of sp³-hybridized carbons (Fsp3) is 0. The summed E-state index contributed by atoms with van der Waals surface area (Å²) in [5, 5.41) is 73.1. The van der Waals surface area contributed by atoms with E-state index in [-0.39, 0.29) is 60.0 Å². The third-order valence-corrected chi connectivity index (χ3v) is 3.08. The first kappa shape index (κ1) is 23.6. The molecule has 0 spiro atoms. The third-order valence-electron chi connectivity index (χ3n) is 2.61. The third kappa shape index (κ3) is 6.43. The van der Waals surface area contributed by atoms with Crippen LogP contribution in [0.3, 0.4) is 0 Å². The van der Waals surface area contributed by atoms with E-state index in [1.807, 2.05) is 0 Å². The summed E-state index contributed by atoms with van der Waals surface area (Å²) in [7, 11) is 0. The number of aromatic hydroxyl groups is 6. The topological polar surface area (TPSA) is 168 Å². The van der Waals surface area contributed by atoms with E-state index in [9.17, 15) is 10.2 Å². The molecule has 0 aromatic heterocycles. The maximum Gasteiger partial charge on any atom is 2.00 e. The number of hydrogen-bond donors (Lipinski definition) is 6. The van der Waals surface area contributed by atoms with Gasteiger partial charge in [0.15, 0.2) is 34.5 Å². The fourth-order valence-corrected chi connectivity index (χ4v) is 1.68. The molecular formula is C14H10BaO8S2. The molecule has 0 amide bonds. The zero-order valence-electron chi connectivity index (χ0n) is 12.3. The van der Waals surface area contributed by atoms with Gasteiger partial charge in [0.25, 0.3) is 0 Å². The average Bonchev–Trinajstić information content (AvgIpc) is 2.49. The summed E-state index contributed by atoms with van der Waals surface area (Å²) in [6.07, 6.45) is 0. The van der Waals surface area contributed by atoms with Crippen LogP contribution >= 0.6 is 24.4 Å². The van der Waals surface area contributed by atoms with E-state index < -0.39 is 44.6 Å². The number of thiocarbonyl (C=S) groups is 2. The van der Waals surface area contributed by atoms with Crippen LogP contribution in [-0.4, -0.2) is 89.6 Å². The first-order chi connectivity index (χ1) is 11.0. The van der Waals surface area contributed by atoms with Crippen molar-refractivity contribution in [3.05, 3.63) is 35.4 Å². The van der Waals surface area contributed by atoms with Crippen molar-refractivity contribution in [2.45, 2.75) is 0 Å². The summed E-state index contributed by atoms with van der Waals surface area (Å²) >= 11 is 8.53. The molecule has 128 valence electrons. The molecule has 0 bridgehead atoms. The standard InChI is InChI=1S/2C7H6O4S.Ba/c2*8-4-1-3(7(11)12)2-5(9)6(4)10;/h2*1-2,8-10H,(H,11,12);/q;;+2/p-2. The quantitative estimate of drug-likeness (QED) is 0.174. The number of rotatable bonds is 2. The first-order valence-electron chi connectivity index (χ1n) is 5.97.